The van der Waals surface area contributed by atoms with Crippen LogP contribution in [0.25, 0.3) is 0 Å². The molecule has 0 saturated carbocycles. The molecule has 0 aromatic heterocycles. The molecule has 2 N–H and O–H groups in total. The number of aliphatic hydroxyl groups excluding tert-OH is 1. The van der Waals surface area contributed by atoms with Crippen molar-refractivity contribution in [2.75, 3.05) is 19.4 Å². The van der Waals surface area contributed by atoms with E-state index in [2.05, 4.69) is 5.32 Å². The first kappa shape index (κ1) is 15.0. The van der Waals surface area contributed by atoms with Crippen LogP contribution in [0.2, 0.25) is 0 Å². The molecule has 102 valence electrons. The molecule has 0 spiro atoms. The number of rotatable bonds is 6. The minimum absolute atomic E-state index is 0.154. The third-order valence-corrected chi connectivity index (χ3v) is 4.37. The van der Waals surface area contributed by atoms with Gasteiger partial charge >= 0.3 is 0 Å². The lowest BCUT2D eigenvalue weighted by Crippen LogP contribution is -2.33. The lowest BCUT2D eigenvalue weighted by molar-refractivity contribution is 0.272. The van der Waals surface area contributed by atoms with Gasteiger partial charge in [-0.05, 0) is 31.7 Å². The first-order chi connectivity index (χ1) is 8.40. The standard InChI is InChI=1S/C11H15F2NO3S/c1-14-8(4-5-15)7-18(16,17)9-2-3-10(12)11(13)6-9/h2-3,6,8,14-15H,4-5,7H2,1H3. The first-order valence-corrected chi connectivity index (χ1v) is 7.02. The van der Waals surface area contributed by atoms with Gasteiger partial charge in [-0.15, -0.1) is 0 Å². The van der Waals surface area contributed by atoms with Gasteiger partial charge in [0.05, 0.1) is 10.6 Å². The number of nitrogens with one attached hydrogen (secondary N) is 1. The third kappa shape index (κ3) is 3.72. The lowest BCUT2D eigenvalue weighted by Gasteiger charge is -2.15. The van der Waals surface area contributed by atoms with Crippen LogP contribution in [-0.4, -0.2) is 39.0 Å². The van der Waals surface area contributed by atoms with Crippen molar-refractivity contribution < 1.29 is 22.3 Å². The molecule has 0 fully saturated rings. The van der Waals surface area contributed by atoms with Gasteiger partial charge < -0.3 is 10.4 Å². The third-order valence-electron chi connectivity index (χ3n) is 2.56. The summed E-state index contributed by atoms with van der Waals surface area (Å²) in [6, 6.07) is 2.03. The predicted molar refractivity (Wildman–Crippen MR) is 63.0 cm³/mol. The molecule has 1 atom stereocenters. The average Bonchev–Trinajstić information content (AvgIpc) is 2.31. The highest BCUT2D eigenvalue weighted by Crippen LogP contribution is 2.16. The van der Waals surface area contributed by atoms with Crippen LogP contribution in [-0.2, 0) is 9.84 Å². The van der Waals surface area contributed by atoms with E-state index in [4.69, 9.17) is 5.11 Å². The summed E-state index contributed by atoms with van der Waals surface area (Å²) >= 11 is 0. The van der Waals surface area contributed by atoms with E-state index < -0.39 is 27.5 Å². The molecule has 0 bridgehead atoms. The van der Waals surface area contributed by atoms with Gasteiger partial charge in [-0.25, -0.2) is 17.2 Å². The second-order valence-corrected chi connectivity index (χ2v) is 5.89. The molecule has 0 radical (unpaired) electrons. The number of aliphatic hydroxyl groups is 1. The Balaban J connectivity index is 2.95. The molecule has 1 aromatic rings. The Morgan fingerprint density at radius 1 is 1.33 bits per heavy atom. The van der Waals surface area contributed by atoms with Gasteiger partial charge in [-0.1, -0.05) is 0 Å². The van der Waals surface area contributed by atoms with Crippen LogP contribution in [0.5, 0.6) is 0 Å². The summed E-state index contributed by atoms with van der Waals surface area (Å²) in [7, 11) is -2.14. The molecule has 0 saturated heterocycles. The number of hydrogen-bond donors (Lipinski definition) is 2. The highest BCUT2D eigenvalue weighted by molar-refractivity contribution is 7.91. The predicted octanol–water partition coefficient (Wildman–Crippen LogP) is 0.709. The van der Waals surface area contributed by atoms with Gasteiger partial charge in [0.25, 0.3) is 0 Å². The summed E-state index contributed by atoms with van der Waals surface area (Å²) in [6.07, 6.45) is 0.263. The van der Waals surface area contributed by atoms with Crippen LogP contribution in [0.3, 0.4) is 0 Å². The molecule has 0 aliphatic rings. The summed E-state index contributed by atoms with van der Waals surface area (Å²) in [5.74, 6) is -2.57. The second-order valence-electron chi connectivity index (χ2n) is 3.86. The zero-order chi connectivity index (χ0) is 13.8. The van der Waals surface area contributed by atoms with Crippen LogP contribution < -0.4 is 5.32 Å². The average molecular weight is 279 g/mol. The highest BCUT2D eigenvalue weighted by atomic mass is 32.2. The molecule has 0 aliphatic carbocycles. The topological polar surface area (TPSA) is 66.4 Å². The summed E-state index contributed by atoms with van der Waals surface area (Å²) < 4.78 is 49.6. The lowest BCUT2D eigenvalue weighted by atomic mass is 10.2. The van der Waals surface area contributed by atoms with Crippen molar-refractivity contribution in [2.24, 2.45) is 0 Å². The van der Waals surface area contributed by atoms with Gasteiger partial charge in [0.1, 0.15) is 0 Å². The maximum absolute atomic E-state index is 13.0. The summed E-state index contributed by atoms with van der Waals surface area (Å²) in [6.45, 7) is -0.154. The Morgan fingerprint density at radius 3 is 2.50 bits per heavy atom. The van der Waals surface area contributed by atoms with E-state index in [-0.39, 0.29) is 23.7 Å². The van der Waals surface area contributed by atoms with Gasteiger partial charge in [-0.3, -0.25) is 0 Å². The normalized spacial score (nSPS) is 13.6. The Kier molecular flexibility index (Phi) is 5.18. The number of benzene rings is 1. The maximum Gasteiger partial charge on any atom is 0.180 e. The Morgan fingerprint density at radius 2 is 2.00 bits per heavy atom. The minimum Gasteiger partial charge on any atom is -0.396 e. The highest BCUT2D eigenvalue weighted by Gasteiger charge is 2.21. The van der Waals surface area contributed by atoms with Crippen molar-refractivity contribution in [3.63, 3.8) is 0 Å². The number of hydrogen-bond acceptors (Lipinski definition) is 4. The zero-order valence-corrected chi connectivity index (χ0v) is 10.7. The largest absolute Gasteiger partial charge is 0.396 e. The van der Waals surface area contributed by atoms with E-state index in [0.717, 1.165) is 12.1 Å². The van der Waals surface area contributed by atoms with Crippen LogP contribution >= 0.6 is 0 Å². The van der Waals surface area contributed by atoms with Crippen molar-refractivity contribution in [3.05, 3.63) is 29.8 Å². The summed E-state index contributed by atoms with van der Waals surface area (Å²) in [5.41, 5.74) is 0. The van der Waals surface area contributed by atoms with Crippen LogP contribution in [0.1, 0.15) is 6.42 Å². The Bertz CT molecular complexity index is 505. The van der Waals surface area contributed by atoms with E-state index in [1.165, 1.54) is 0 Å². The quantitative estimate of drug-likeness (QED) is 0.753. The summed E-state index contributed by atoms with van der Waals surface area (Å²) in [5, 5.41) is 11.5. The van der Waals surface area contributed by atoms with Crippen molar-refractivity contribution in [3.8, 4) is 0 Å². The monoisotopic (exact) mass is 279 g/mol. The van der Waals surface area contributed by atoms with Crippen LogP contribution in [0.4, 0.5) is 8.78 Å². The van der Waals surface area contributed by atoms with Crippen molar-refractivity contribution >= 4 is 9.84 Å². The van der Waals surface area contributed by atoms with Crippen molar-refractivity contribution in [2.45, 2.75) is 17.4 Å². The molecular formula is C11H15F2NO3S. The second kappa shape index (κ2) is 6.21. The summed E-state index contributed by atoms with van der Waals surface area (Å²) in [4.78, 5) is -0.264. The minimum atomic E-state index is -3.71. The molecule has 0 amide bonds. The fraction of sp³-hybridized carbons (Fsp3) is 0.455. The van der Waals surface area contributed by atoms with Crippen LogP contribution in [0.15, 0.2) is 23.1 Å². The molecule has 1 aromatic carbocycles. The molecule has 1 unspecified atom stereocenters. The van der Waals surface area contributed by atoms with Gasteiger partial charge in [0.15, 0.2) is 21.5 Å². The molecule has 18 heavy (non-hydrogen) atoms. The van der Waals surface area contributed by atoms with E-state index in [1.54, 1.807) is 7.05 Å². The molecule has 1 rings (SSSR count). The Labute approximate surface area is 105 Å². The van der Waals surface area contributed by atoms with Crippen molar-refractivity contribution in [1.29, 1.82) is 0 Å². The molecular weight excluding hydrogens is 264 g/mol. The van der Waals surface area contributed by atoms with Crippen molar-refractivity contribution in [1.82, 2.24) is 5.32 Å². The van der Waals surface area contributed by atoms with Gasteiger partial charge in [0, 0.05) is 12.6 Å². The van der Waals surface area contributed by atoms with Gasteiger partial charge in [-0.2, -0.15) is 0 Å². The van der Waals surface area contributed by atoms with E-state index in [0.29, 0.717) is 6.07 Å². The Hall–Kier alpha value is -1.05. The van der Waals surface area contributed by atoms with Gasteiger partial charge in [0.2, 0.25) is 0 Å². The molecule has 7 heteroatoms. The van der Waals surface area contributed by atoms with E-state index in [1.807, 2.05) is 0 Å². The molecule has 4 nitrogen and oxygen atoms in total. The van der Waals surface area contributed by atoms with E-state index in [9.17, 15) is 17.2 Å². The smallest absolute Gasteiger partial charge is 0.180 e. The number of halogens is 2. The SMILES string of the molecule is CNC(CCO)CS(=O)(=O)c1ccc(F)c(F)c1. The van der Waals surface area contributed by atoms with E-state index >= 15 is 0 Å². The zero-order valence-electron chi connectivity index (χ0n) is 9.86. The maximum atomic E-state index is 13.0. The number of sulfone groups is 1. The fourth-order valence-corrected chi connectivity index (χ4v) is 3.11. The first-order valence-electron chi connectivity index (χ1n) is 5.36. The van der Waals surface area contributed by atoms with Crippen LogP contribution in [0, 0.1) is 11.6 Å². The molecule has 0 heterocycles. The molecule has 0 aliphatic heterocycles. The fourth-order valence-electron chi connectivity index (χ4n) is 1.50.